The third-order valence-electron chi connectivity index (χ3n) is 4.73. The van der Waals surface area contributed by atoms with Gasteiger partial charge in [0.1, 0.15) is 18.2 Å². The van der Waals surface area contributed by atoms with Crippen LogP contribution in [0.15, 0.2) is 85.5 Å². The second-order valence-electron chi connectivity index (χ2n) is 6.90. The minimum absolute atomic E-state index is 0.315. The van der Waals surface area contributed by atoms with Crippen molar-refractivity contribution in [2.45, 2.75) is 0 Å². The summed E-state index contributed by atoms with van der Waals surface area (Å²) in [6, 6.07) is 19.4. The zero-order valence-corrected chi connectivity index (χ0v) is 16.5. The molecule has 0 radical (unpaired) electrons. The molecule has 4 aromatic rings. The lowest BCUT2D eigenvalue weighted by Gasteiger charge is -2.07. The molecule has 4 aromatic carbocycles. The molecule has 4 rings (SSSR count). The van der Waals surface area contributed by atoms with Gasteiger partial charge in [0.2, 0.25) is 0 Å². The highest BCUT2D eigenvalue weighted by molar-refractivity contribution is 5.84. The number of rotatable bonds is 4. The second kappa shape index (κ2) is 8.81. The molecule has 0 saturated heterocycles. The van der Waals surface area contributed by atoms with Crippen LogP contribution in [0.4, 0.5) is 13.2 Å². The maximum atomic E-state index is 14.4. The van der Waals surface area contributed by atoms with Gasteiger partial charge in [-0.15, -0.1) is 0 Å². The topological polar surface area (TPSA) is 9.23 Å². The normalized spacial score (nSPS) is 10.4. The number of hydrogen-bond donors (Lipinski definition) is 0. The second-order valence-corrected chi connectivity index (χ2v) is 6.90. The van der Waals surface area contributed by atoms with E-state index in [1.165, 1.54) is 6.07 Å². The monoisotopic (exact) mass is 414 g/mol. The SMILES string of the molecule is C=CCOc1ccc(-c2ccc(C#Cc3ccc4cc(F)c(F)cc4c3)cc2)c(F)c1. The fraction of sp³-hybridized carbons (Fsp3) is 0.0370. The van der Waals surface area contributed by atoms with Crippen molar-refractivity contribution in [3.63, 3.8) is 0 Å². The molecule has 31 heavy (non-hydrogen) atoms. The van der Waals surface area contributed by atoms with Gasteiger partial charge in [-0.25, -0.2) is 13.2 Å². The Hall–Kier alpha value is -3.97. The average Bonchev–Trinajstić information content (AvgIpc) is 2.77. The Kier molecular flexibility index (Phi) is 5.77. The number of hydrogen-bond acceptors (Lipinski definition) is 1. The van der Waals surface area contributed by atoms with E-state index in [0.29, 0.717) is 34.3 Å². The zero-order valence-electron chi connectivity index (χ0n) is 16.5. The van der Waals surface area contributed by atoms with Gasteiger partial charge in [0.15, 0.2) is 11.6 Å². The van der Waals surface area contributed by atoms with E-state index in [1.807, 2.05) is 0 Å². The van der Waals surface area contributed by atoms with E-state index in [2.05, 4.69) is 18.4 Å². The molecule has 0 fully saturated rings. The molecule has 0 bridgehead atoms. The van der Waals surface area contributed by atoms with Crippen LogP contribution in [0.3, 0.4) is 0 Å². The fourth-order valence-corrected chi connectivity index (χ4v) is 3.17. The Morgan fingerprint density at radius 1 is 0.710 bits per heavy atom. The molecule has 152 valence electrons. The third kappa shape index (κ3) is 4.62. The van der Waals surface area contributed by atoms with Gasteiger partial charge in [0, 0.05) is 22.8 Å². The Bertz CT molecular complexity index is 1330. The molecule has 4 heteroatoms. The van der Waals surface area contributed by atoms with E-state index in [1.54, 1.807) is 60.7 Å². The van der Waals surface area contributed by atoms with Crippen molar-refractivity contribution in [3.8, 4) is 28.7 Å². The molecule has 0 spiro atoms. The Balaban J connectivity index is 1.55. The number of fused-ring (bicyclic) bond motifs is 1. The van der Waals surface area contributed by atoms with E-state index in [-0.39, 0.29) is 5.82 Å². The minimum Gasteiger partial charge on any atom is -0.489 e. The lowest BCUT2D eigenvalue weighted by Crippen LogP contribution is -1.94. The zero-order chi connectivity index (χ0) is 21.8. The molecule has 0 aliphatic rings. The lowest BCUT2D eigenvalue weighted by molar-refractivity contribution is 0.361. The molecule has 0 heterocycles. The average molecular weight is 414 g/mol. The Labute approximate surface area is 178 Å². The van der Waals surface area contributed by atoms with Gasteiger partial charge in [-0.2, -0.15) is 0 Å². The summed E-state index contributed by atoms with van der Waals surface area (Å²) in [6.45, 7) is 3.88. The highest BCUT2D eigenvalue weighted by atomic mass is 19.2. The molecule has 0 saturated carbocycles. The molecule has 0 atom stereocenters. The van der Waals surface area contributed by atoms with Crippen molar-refractivity contribution in [2.24, 2.45) is 0 Å². The van der Waals surface area contributed by atoms with Crippen LogP contribution >= 0.6 is 0 Å². The molecule has 0 aliphatic carbocycles. The van der Waals surface area contributed by atoms with Crippen molar-refractivity contribution in [2.75, 3.05) is 6.61 Å². The highest BCUT2D eigenvalue weighted by Crippen LogP contribution is 2.26. The smallest absolute Gasteiger partial charge is 0.159 e. The van der Waals surface area contributed by atoms with Crippen molar-refractivity contribution in [3.05, 3.63) is 114 Å². The summed E-state index contributed by atoms with van der Waals surface area (Å²) in [7, 11) is 0. The van der Waals surface area contributed by atoms with Crippen LogP contribution in [0, 0.1) is 29.3 Å². The van der Waals surface area contributed by atoms with Crippen LogP contribution in [0.25, 0.3) is 21.9 Å². The van der Waals surface area contributed by atoms with Crippen molar-refractivity contribution in [1.29, 1.82) is 0 Å². The molecule has 0 aliphatic heterocycles. The molecular formula is C27H17F3O. The maximum Gasteiger partial charge on any atom is 0.159 e. The molecular weight excluding hydrogens is 397 g/mol. The summed E-state index contributed by atoms with van der Waals surface area (Å²) in [5, 5.41) is 1.19. The Morgan fingerprint density at radius 3 is 2.10 bits per heavy atom. The molecule has 0 amide bonds. The van der Waals surface area contributed by atoms with Gasteiger partial charge in [-0.05, 0) is 64.9 Å². The third-order valence-corrected chi connectivity index (χ3v) is 4.73. The van der Waals surface area contributed by atoms with Crippen molar-refractivity contribution < 1.29 is 17.9 Å². The first-order valence-electron chi connectivity index (χ1n) is 9.58. The fourth-order valence-electron chi connectivity index (χ4n) is 3.17. The van der Waals surface area contributed by atoms with Crippen molar-refractivity contribution >= 4 is 10.8 Å². The molecule has 1 nitrogen and oxygen atoms in total. The largest absolute Gasteiger partial charge is 0.489 e. The Morgan fingerprint density at radius 2 is 1.39 bits per heavy atom. The predicted molar refractivity (Wildman–Crippen MR) is 117 cm³/mol. The first-order valence-corrected chi connectivity index (χ1v) is 9.58. The van der Waals surface area contributed by atoms with Crippen LogP contribution in [0.5, 0.6) is 5.75 Å². The minimum atomic E-state index is -0.888. The molecule has 0 unspecified atom stereocenters. The number of halogens is 3. The van der Waals surface area contributed by atoms with Crippen LogP contribution in [-0.4, -0.2) is 6.61 Å². The van der Waals surface area contributed by atoms with Gasteiger partial charge in [-0.1, -0.05) is 42.7 Å². The van der Waals surface area contributed by atoms with Crippen molar-refractivity contribution in [1.82, 2.24) is 0 Å². The summed E-state index contributed by atoms with van der Waals surface area (Å²) >= 11 is 0. The summed E-state index contributed by atoms with van der Waals surface area (Å²) < 4.78 is 46.6. The summed E-state index contributed by atoms with van der Waals surface area (Å²) in [6.07, 6.45) is 1.60. The van der Waals surface area contributed by atoms with Gasteiger partial charge in [0.25, 0.3) is 0 Å². The molecule has 0 N–H and O–H groups in total. The van der Waals surface area contributed by atoms with E-state index >= 15 is 0 Å². The van der Waals surface area contributed by atoms with E-state index in [9.17, 15) is 13.2 Å². The van der Waals surface area contributed by atoms with Crippen LogP contribution in [0.2, 0.25) is 0 Å². The van der Waals surface area contributed by atoms with Crippen LogP contribution in [0.1, 0.15) is 11.1 Å². The highest BCUT2D eigenvalue weighted by Gasteiger charge is 2.07. The quantitative estimate of drug-likeness (QED) is 0.261. The van der Waals surface area contributed by atoms with E-state index < -0.39 is 11.6 Å². The molecule has 0 aromatic heterocycles. The lowest BCUT2D eigenvalue weighted by atomic mass is 10.0. The standard InChI is InChI=1S/C27H17F3O/c1-2-13-31-23-11-12-24(25(28)17-23)20-8-5-18(6-9-20)3-4-19-7-10-21-15-26(29)27(30)16-22(21)14-19/h2,5-12,14-17H,1,13H2. The van der Waals surface area contributed by atoms with E-state index in [0.717, 1.165) is 23.3 Å². The van der Waals surface area contributed by atoms with Gasteiger partial charge in [-0.3, -0.25) is 0 Å². The predicted octanol–water partition coefficient (Wildman–Crippen LogP) is 6.89. The van der Waals surface area contributed by atoms with Crippen LogP contribution in [-0.2, 0) is 0 Å². The van der Waals surface area contributed by atoms with Gasteiger partial charge < -0.3 is 4.74 Å². The number of ether oxygens (including phenoxy) is 1. The van der Waals surface area contributed by atoms with E-state index in [4.69, 9.17) is 4.74 Å². The number of benzene rings is 4. The van der Waals surface area contributed by atoms with Crippen LogP contribution < -0.4 is 4.74 Å². The summed E-state index contributed by atoms with van der Waals surface area (Å²) in [4.78, 5) is 0. The maximum absolute atomic E-state index is 14.4. The summed E-state index contributed by atoms with van der Waals surface area (Å²) in [5.74, 6) is 4.37. The first-order chi connectivity index (χ1) is 15.0. The van der Waals surface area contributed by atoms with Gasteiger partial charge >= 0.3 is 0 Å². The van der Waals surface area contributed by atoms with Gasteiger partial charge in [0.05, 0.1) is 0 Å². The summed E-state index contributed by atoms with van der Waals surface area (Å²) in [5.41, 5.74) is 2.62. The first kappa shape index (κ1) is 20.3.